The summed E-state index contributed by atoms with van der Waals surface area (Å²) in [5.74, 6) is -0.0439. The summed E-state index contributed by atoms with van der Waals surface area (Å²) in [6.45, 7) is 4.35. The Morgan fingerprint density at radius 1 is 1.33 bits per heavy atom. The van der Waals surface area contributed by atoms with Crippen LogP contribution in [0.1, 0.15) is 57.1 Å². The Bertz CT molecular complexity index is 884. The average Bonchev–Trinajstić information content (AvgIpc) is 3.27. The van der Waals surface area contributed by atoms with Crippen LogP contribution in [0, 0.1) is 5.41 Å². The summed E-state index contributed by atoms with van der Waals surface area (Å²) in [5.41, 5.74) is 6.28. The van der Waals surface area contributed by atoms with Crippen molar-refractivity contribution in [3.05, 3.63) is 34.9 Å². The van der Waals surface area contributed by atoms with Crippen molar-refractivity contribution in [1.82, 2.24) is 4.90 Å². The van der Waals surface area contributed by atoms with E-state index < -0.39 is 11.7 Å². The number of unbranched alkanes of at least 4 members (excludes halogenated alkanes) is 1. The standard InChI is InChI=1S/C23H33F3N4O3/c1-4-15(2)20(29-21(32-3)18-8-7-11-30(18)22(27)28)16-9-10-19(33-13-6-5-12-31)17(14-16)23(24,25)26/h9-10,14,18,31H,4-8,11-13H2,1-3H3,(H3,27,28)/b20-15+,29-21?. The van der Waals surface area contributed by atoms with Crippen molar-refractivity contribution in [3.8, 4) is 5.75 Å². The molecule has 0 aromatic heterocycles. The number of halogens is 3. The molecule has 0 bridgehead atoms. The van der Waals surface area contributed by atoms with Crippen LogP contribution in [0.4, 0.5) is 13.2 Å². The highest BCUT2D eigenvalue weighted by Gasteiger charge is 2.35. The number of hydrogen-bond donors (Lipinski definition) is 3. The predicted molar refractivity (Wildman–Crippen MR) is 122 cm³/mol. The molecule has 0 amide bonds. The predicted octanol–water partition coefficient (Wildman–Crippen LogP) is 4.40. The molecule has 0 radical (unpaired) electrons. The van der Waals surface area contributed by atoms with Crippen molar-refractivity contribution < 1.29 is 27.8 Å². The molecule has 0 saturated carbocycles. The maximum absolute atomic E-state index is 13.8. The van der Waals surface area contributed by atoms with Crippen LogP contribution in [0.25, 0.3) is 5.70 Å². The number of allylic oxidation sites excluding steroid dienone is 1. The molecule has 184 valence electrons. The molecule has 1 aliphatic rings. The zero-order valence-electron chi connectivity index (χ0n) is 19.3. The smallest absolute Gasteiger partial charge is 0.419 e. The maximum atomic E-state index is 13.8. The lowest BCUT2D eigenvalue weighted by Crippen LogP contribution is -2.44. The highest BCUT2D eigenvalue weighted by Crippen LogP contribution is 2.39. The molecule has 1 atom stereocenters. The van der Waals surface area contributed by atoms with E-state index in [1.54, 1.807) is 11.0 Å². The van der Waals surface area contributed by atoms with Crippen molar-refractivity contribution in [2.24, 2.45) is 10.7 Å². The van der Waals surface area contributed by atoms with E-state index in [4.69, 9.17) is 25.7 Å². The molecule has 1 saturated heterocycles. The van der Waals surface area contributed by atoms with Crippen molar-refractivity contribution in [2.45, 2.75) is 58.2 Å². The minimum absolute atomic E-state index is 0.0409. The van der Waals surface area contributed by atoms with Crippen LogP contribution in [-0.4, -0.2) is 54.8 Å². The molecule has 1 fully saturated rings. The summed E-state index contributed by atoms with van der Waals surface area (Å²) in [5, 5.41) is 16.6. The number of benzene rings is 1. The van der Waals surface area contributed by atoms with Crippen LogP contribution < -0.4 is 10.5 Å². The van der Waals surface area contributed by atoms with E-state index in [2.05, 4.69) is 4.99 Å². The number of nitrogens with two attached hydrogens (primary N) is 1. The van der Waals surface area contributed by atoms with Gasteiger partial charge >= 0.3 is 6.18 Å². The van der Waals surface area contributed by atoms with Gasteiger partial charge in [-0.2, -0.15) is 13.2 Å². The summed E-state index contributed by atoms with van der Waals surface area (Å²) in [6.07, 6.45) is -1.64. The van der Waals surface area contributed by atoms with E-state index in [1.807, 2.05) is 13.8 Å². The van der Waals surface area contributed by atoms with Gasteiger partial charge in [-0.3, -0.25) is 5.41 Å². The van der Waals surface area contributed by atoms with Crippen molar-refractivity contribution in [2.75, 3.05) is 26.9 Å². The third kappa shape index (κ3) is 6.86. The lowest BCUT2D eigenvalue weighted by molar-refractivity contribution is -0.139. The first-order valence-corrected chi connectivity index (χ1v) is 11.0. The van der Waals surface area contributed by atoms with Gasteiger partial charge < -0.3 is 25.2 Å². The van der Waals surface area contributed by atoms with Crippen molar-refractivity contribution >= 4 is 17.6 Å². The number of nitrogens with zero attached hydrogens (tertiary/aromatic N) is 2. The minimum atomic E-state index is -4.61. The summed E-state index contributed by atoms with van der Waals surface area (Å²) >= 11 is 0. The number of aliphatic imine (C=N–C) groups is 1. The molecular weight excluding hydrogens is 437 g/mol. The molecule has 7 nitrogen and oxygen atoms in total. The second-order valence-corrected chi connectivity index (χ2v) is 7.86. The van der Waals surface area contributed by atoms with Gasteiger partial charge in [0.1, 0.15) is 11.8 Å². The van der Waals surface area contributed by atoms with Crippen LogP contribution >= 0.6 is 0 Å². The SMILES string of the molecule is CC/C(C)=C(/N=C(OC)C1CCCN1C(=N)N)c1ccc(OCCCCO)c(C(F)(F)F)c1. The minimum Gasteiger partial charge on any atom is -0.493 e. The molecule has 33 heavy (non-hydrogen) atoms. The van der Waals surface area contributed by atoms with Gasteiger partial charge in [0.2, 0.25) is 5.90 Å². The van der Waals surface area contributed by atoms with Gasteiger partial charge in [-0.1, -0.05) is 6.92 Å². The molecule has 4 N–H and O–H groups in total. The second-order valence-electron chi connectivity index (χ2n) is 7.86. The number of aliphatic hydroxyl groups excluding tert-OH is 1. The molecule has 1 heterocycles. The fourth-order valence-electron chi connectivity index (χ4n) is 3.67. The van der Waals surface area contributed by atoms with E-state index in [9.17, 15) is 13.2 Å². The monoisotopic (exact) mass is 470 g/mol. The molecular formula is C23H33F3N4O3. The summed E-state index contributed by atoms with van der Waals surface area (Å²) in [7, 11) is 1.46. The van der Waals surface area contributed by atoms with Crippen LogP contribution in [0.2, 0.25) is 0 Å². The third-order valence-corrected chi connectivity index (χ3v) is 5.58. The Labute approximate surface area is 192 Å². The van der Waals surface area contributed by atoms with Gasteiger partial charge in [0.25, 0.3) is 0 Å². The first kappa shape index (κ1) is 26.5. The third-order valence-electron chi connectivity index (χ3n) is 5.58. The molecule has 2 rings (SSSR count). The van der Waals surface area contributed by atoms with Gasteiger partial charge in [-0.05, 0) is 62.8 Å². The molecule has 1 aromatic rings. The number of guanidine groups is 1. The summed E-state index contributed by atoms with van der Waals surface area (Å²) < 4.78 is 52.3. The van der Waals surface area contributed by atoms with Gasteiger partial charge in [-0.25, -0.2) is 4.99 Å². The van der Waals surface area contributed by atoms with Crippen LogP contribution in [0.15, 0.2) is 28.8 Å². The number of hydrogen-bond acceptors (Lipinski definition) is 5. The zero-order valence-corrected chi connectivity index (χ0v) is 19.3. The normalized spacial score (nSPS) is 17.7. The van der Waals surface area contributed by atoms with Crippen molar-refractivity contribution in [3.63, 3.8) is 0 Å². The maximum Gasteiger partial charge on any atom is 0.419 e. The van der Waals surface area contributed by atoms with E-state index in [0.717, 1.165) is 18.1 Å². The fraction of sp³-hybridized carbons (Fsp3) is 0.565. The highest BCUT2D eigenvalue weighted by molar-refractivity contribution is 5.92. The number of nitrogens with one attached hydrogen (secondary N) is 1. The number of ether oxygens (including phenoxy) is 2. The Hall–Kier alpha value is -2.75. The molecule has 10 heteroatoms. The van der Waals surface area contributed by atoms with Crippen LogP contribution in [-0.2, 0) is 10.9 Å². The largest absolute Gasteiger partial charge is 0.493 e. The number of rotatable bonds is 9. The summed E-state index contributed by atoms with van der Waals surface area (Å²) in [4.78, 5) is 6.31. The molecule has 1 aromatic carbocycles. The second kappa shape index (κ2) is 11.9. The zero-order chi connectivity index (χ0) is 24.6. The number of methoxy groups -OCH3 is 1. The Balaban J connectivity index is 2.49. The number of aliphatic hydroxyl groups is 1. The Morgan fingerprint density at radius 3 is 2.64 bits per heavy atom. The molecule has 1 unspecified atom stereocenters. The van der Waals surface area contributed by atoms with Gasteiger partial charge in [-0.15, -0.1) is 0 Å². The van der Waals surface area contributed by atoms with E-state index in [0.29, 0.717) is 49.4 Å². The lowest BCUT2D eigenvalue weighted by atomic mass is 10.0. The topological polar surface area (TPSA) is 104 Å². The van der Waals surface area contributed by atoms with Gasteiger partial charge in [0, 0.05) is 18.7 Å². The van der Waals surface area contributed by atoms with Crippen molar-refractivity contribution in [1.29, 1.82) is 5.41 Å². The Morgan fingerprint density at radius 2 is 2.06 bits per heavy atom. The molecule has 1 aliphatic heterocycles. The van der Waals surface area contributed by atoms with Crippen LogP contribution in [0.3, 0.4) is 0 Å². The van der Waals surface area contributed by atoms with Gasteiger partial charge in [0.05, 0.1) is 25.0 Å². The molecule has 0 aliphatic carbocycles. The quantitative estimate of drug-likeness (QED) is 0.282. The van der Waals surface area contributed by atoms with E-state index >= 15 is 0 Å². The average molecular weight is 471 g/mol. The first-order chi connectivity index (χ1) is 15.6. The van der Waals surface area contributed by atoms with Crippen LogP contribution in [0.5, 0.6) is 5.75 Å². The van der Waals surface area contributed by atoms with E-state index in [1.165, 1.54) is 13.2 Å². The molecule has 0 spiro atoms. The summed E-state index contributed by atoms with van der Waals surface area (Å²) in [6, 6.07) is 3.56. The van der Waals surface area contributed by atoms with Gasteiger partial charge in [0.15, 0.2) is 5.96 Å². The van der Waals surface area contributed by atoms with E-state index in [-0.39, 0.29) is 31.0 Å². The lowest BCUT2D eigenvalue weighted by Gasteiger charge is -2.25. The highest BCUT2D eigenvalue weighted by atomic mass is 19.4. The number of alkyl halides is 3. The first-order valence-electron chi connectivity index (χ1n) is 11.0. The fourth-order valence-corrected chi connectivity index (χ4v) is 3.67. The Kier molecular flexibility index (Phi) is 9.57. The number of likely N-dealkylation sites (tertiary alicyclic amines) is 1.